The Kier molecular flexibility index (Phi) is 4.35. The van der Waals surface area contributed by atoms with Crippen LogP contribution >= 0.6 is 11.3 Å². The van der Waals surface area contributed by atoms with Crippen LogP contribution in [0.15, 0.2) is 29.9 Å². The molecule has 0 fully saturated rings. The first-order valence-corrected chi connectivity index (χ1v) is 8.31. The van der Waals surface area contributed by atoms with Crippen LogP contribution in [0.25, 0.3) is 0 Å². The minimum absolute atomic E-state index is 0.0979. The van der Waals surface area contributed by atoms with E-state index in [1.165, 1.54) is 0 Å². The summed E-state index contributed by atoms with van der Waals surface area (Å²) in [7, 11) is -1.55. The fourth-order valence-electron chi connectivity index (χ4n) is 1.78. The second kappa shape index (κ2) is 5.83. The third-order valence-corrected chi connectivity index (χ3v) is 4.39. The van der Waals surface area contributed by atoms with E-state index in [4.69, 9.17) is 5.14 Å². The minimum atomic E-state index is -3.45. The number of aryl methyl sites for hydroxylation is 1. The fraction of sp³-hybridized carbons (Fsp3) is 0.364. The highest BCUT2D eigenvalue weighted by molar-refractivity contribution is 7.89. The third-order valence-electron chi connectivity index (χ3n) is 2.68. The summed E-state index contributed by atoms with van der Waals surface area (Å²) in [6, 6.07) is 3.83. The number of imidazole rings is 1. The molecular formula is C11H16N4O2S2. The lowest BCUT2D eigenvalue weighted by Gasteiger charge is -2.17. The number of nitrogens with zero attached hydrogens (tertiary/aromatic N) is 2. The zero-order valence-electron chi connectivity index (χ0n) is 10.5. The number of nitrogens with two attached hydrogens (primary N) is 1. The Morgan fingerprint density at radius 2 is 2.37 bits per heavy atom. The van der Waals surface area contributed by atoms with Gasteiger partial charge in [-0.1, -0.05) is 6.07 Å². The van der Waals surface area contributed by atoms with Gasteiger partial charge in [-0.05, 0) is 11.4 Å². The predicted octanol–water partition coefficient (Wildman–Crippen LogP) is 0.449. The third kappa shape index (κ3) is 3.87. The molecule has 0 aromatic carbocycles. The molecule has 1 unspecified atom stereocenters. The molecule has 0 amide bonds. The van der Waals surface area contributed by atoms with Gasteiger partial charge >= 0.3 is 0 Å². The summed E-state index contributed by atoms with van der Waals surface area (Å²) in [5.74, 6) is 0.746. The van der Waals surface area contributed by atoms with E-state index in [0.717, 1.165) is 10.7 Å². The van der Waals surface area contributed by atoms with Gasteiger partial charge in [-0.25, -0.2) is 18.5 Å². The van der Waals surface area contributed by atoms with Crippen LogP contribution in [-0.4, -0.2) is 30.3 Å². The lowest BCUT2D eigenvalue weighted by Crippen LogP contribution is -2.31. The number of hydrogen-bond acceptors (Lipinski definition) is 5. The first kappa shape index (κ1) is 14.2. The Morgan fingerprint density at radius 1 is 1.58 bits per heavy atom. The molecule has 2 aromatic rings. The zero-order chi connectivity index (χ0) is 13.9. The van der Waals surface area contributed by atoms with Crippen molar-refractivity contribution in [2.24, 2.45) is 12.2 Å². The van der Waals surface area contributed by atoms with Crippen molar-refractivity contribution in [3.8, 4) is 0 Å². The molecule has 0 saturated heterocycles. The number of sulfonamides is 1. The summed E-state index contributed by atoms with van der Waals surface area (Å²) in [5.41, 5.74) is 0. The summed E-state index contributed by atoms with van der Waals surface area (Å²) >= 11 is 1.60. The van der Waals surface area contributed by atoms with Crippen molar-refractivity contribution in [1.82, 2.24) is 14.9 Å². The number of thiophene rings is 1. The van der Waals surface area contributed by atoms with Crippen molar-refractivity contribution in [2.75, 3.05) is 12.3 Å². The van der Waals surface area contributed by atoms with Gasteiger partial charge in [0.15, 0.2) is 0 Å². The molecule has 2 aromatic heterocycles. The van der Waals surface area contributed by atoms with E-state index in [1.807, 2.05) is 35.3 Å². The second-order valence-corrected chi connectivity index (χ2v) is 6.88. The Morgan fingerprint density at radius 3 is 2.89 bits per heavy atom. The smallest absolute Gasteiger partial charge is 0.210 e. The number of aromatic nitrogens is 2. The van der Waals surface area contributed by atoms with E-state index in [0.29, 0.717) is 0 Å². The summed E-state index contributed by atoms with van der Waals surface area (Å²) in [6.07, 6.45) is 3.58. The standard InChI is InChI=1S/C11H16N4O2S2/c1-15-6-4-14-11(15)10(9-3-2-7-18-9)13-5-8-19(12,16)17/h2-4,6-7,10,13H,5,8H2,1H3,(H2,12,16,17). The second-order valence-electron chi connectivity index (χ2n) is 4.17. The Hall–Kier alpha value is -1.22. The maximum absolute atomic E-state index is 11.0. The van der Waals surface area contributed by atoms with E-state index in [-0.39, 0.29) is 18.3 Å². The molecule has 6 nitrogen and oxygen atoms in total. The van der Waals surface area contributed by atoms with Gasteiger partial charge in [0.25, 0.3) is 0 Å². The zero-order valence-corrected chi connectivity index (χ0v) is 12.1. The van der Waals surface area contributed by atoms with Gasteiger partial charge in [0.05, 0.1) is 5.75 Å². The lowest BCUT2D eigenvalue weighted by molar-refractivity contribution is 0.568. The van der Waals surface area contributed by atoms with Crippen molar-refractivity contribution in [3.05, 3.63) is 40.6 Å². The molecule has 0 saturated carbocycles. The van der Waals surface area contributed by atoms with Gasteiger partial charge in [0, 0.05) is 30.9 Å². The van der Waals surface area contributed by atoms with Crippen molar-refractivity contribution >= 4 is 21.4 Å². The van der Waals surface area contributed by atoms with Crippen LogP contribution in [0.3, 0.4) is 0 Å². The first-order valence-electron chi connectivity index (χ1n) is 5.72. The van der Waals surface area contributed by atoms with Crippen molar-refractivity contribution in [1.29, 1.82) is 0 Å². The van der Waals surface area contributed by atoms with Crippen LogP contribution in [0, 0.1) is 0 Å². The highest BCUT2D eigenvalue weighted by atomic mass is 32.2. The topological polar surface area (TPSA) is 90.0 Å². The molecule has 0 spiro atoms. The van der Waals surface area contributed by atoms with Crippen LogP contribution in [0.2, 0.25) is 0 Å². The minimum Gasteiger partial charge on any atom is -0.336 e. The molecule has 0 aliphatic carbocycles. The summed E-state index contributed by atoms with van der Waals surface area (Å²) in [6.45, 7) is 0.286. The number of hydrogen-bond donors (Lipinski definition) is 2. The highest BCUT2D eigenvalue weighted by Crippen LogP contribution is 2.24. The van der Waals surface area contributed by atoms with Crippen LogP contribution in [0.5, 0.6) is 0 Å². The van der Waals surface area contributed by atoms with Gasteiger partial charge in [0.2, 0.25) is 10.0 Å². The van der Waals surface area contributed by atoms with E-state index < -0.39 is 10.0 Å². The van der Waals surface area contributed by atoms with Gasteiger partial charge in [0.1, 0.15) is 11.9 Å². The Labute approximate surface area is 116 Å². The quantitative estimate of drug-likeness (QED) is 0.810. The van der Waals surface area contributed by atoms with Gasteiger partial charge in [-0.3, -0.25) is 0 Å². The molecule has 0 aliphatic heterocycles. The van der Waals surface area contributed by atoms with E-state index >= 15 is 0 Å². The molecule has 0 aliphatic rings. The average Bonchev–Trinajstić information content (AvgIpc) is 2.94. The van der Waals surface area contributed by atoms with Crippen LogP contribution in [-0.2, 0) is 17.1 Å². The highest BCUT2D eigenvalue weighted by Gasteiger charge is 2.19. The number of primary sulfonamides is 1. The molecule has 104 valence electrons. The summed E-state index contributed by atoms with van der Waals surface area (Å²) in [4.78, 5) is 5.40. The van der Waals surface area contributed by atoms with Crippen LogP contribution in [0.1, 0.15) is 16.7 Å². The normalized spacial score (nSPS) is 13.6. The molecule has 19 heavy (non-hydrogen) atoms. The van der Waals surface area contributed by atoms with Gasteiger partial charge in [-0.2, -0.15) is 0 Å². The van der Waals surface area contributed by atoms with Crippen molar-refractivity contribution in [3.63, 3.8) is 0 Å². The fourth-order valence-corrected chi connectivity index (χ4v) is 2.97. The molecule has 8 heteroatoms. The van der Waals surface area contributed by atoms with Crippen molar-refractivity contribution < 1.29 is 8.42 Å². The van der Waals surface area contributed by atoms with Crippen LogP contribution < -0.4 is 10.5 Å². The first-order chi connectivity index (χ1) is 8.97. The maximum atomic E-state index is 11.0. The molecule has 1 atom stereocenters. The summed E-state index contributed by atoms with van der Waals surface area (Å²) in [5, 5.41) is 10.2. The molecule has 2 heterocycles. The number of rotatable bonds is 6. The number of nitrogens with one attached hydrogen (secondary N) is 1. The molecular weight excluding hydrogens is 284 g/mol. The Balaban J connectivity index is 2.15. The van der Waals surface area contributed by atoms with E-state index in [2.05, 4.69) is 10.3 Å². The van der Waals surface area contributed by atoms with Crippen molar-refractivity contribution in [2.45, 2.75) is 6.04 Å². The Bertz CT molecular complexity index is 619. The SMILES string of the molecule is Cn1ccnc1C(NCCS(N)(=O)=O)c1cccs1. The van der Waals surface area contributed by atoms with E-state index in [1.54, 1.807) is 17.5 Å². The molecule has 2 rings (SSSR count). The molecule has 0 bridgehead atoms. The largest absolute Gasteiger partial charge is 0.336 e. The maximum Gasteiger partial charge on any atom is 0.210 e. The average molecular weight is 300 g/mol. The molecule has 0 radical (unpaired) electrons. The van der Waals surface area contributed by atoms with Gasteiger partial charge < -0.3 is 9.88 Å². The predicted molar refractivity (Wildman–Crippen MR) is 75.3 cm³/mol. The van der Waals surface area contributed by atoms with Gasteiger partial charge in [-0.15, -0.1) is 11.3 Å². The molecule has 3 N–H and O–H groups in total. The summed E-state index contributed by atoms with van der Waals surface area (Å²) < 4.78 is 23.9. The van der Waals surface area contributed by atoms with E-state index in [9.17, 15) is 8.42 Å². The monoisotopic (exact) mass is 300 g/mol. The lowest BCUT2D eigenvalue weighted by atomic mass is 10.2. The van der Waals surface area contributed by atoms with Crippen LogP contribution in [0.4, 0.5) is 0 Å².